The standard InChI is InChI=1S/C13H15NO5S/c1-14(10-3-5-11(18-2)6-4-10)20(16,17)13-8-7-12(9-15)19-13/h3-8,15H,9H2,1-2H3. The normalized spacial score (nSPS) is 11.3. The molecule has 0 aliphatic rings. The summed E-state index contributed by atoms with van der Waals surface area (Å²) < 4.78 is 35.9. The Morgan fingerprint density at radius 2 is 1.85 bits per heavy atom. The topological polar surface area (TPSA) is 80.0 Å². The molecule has 6 nitrogen and oxygen atoms in total. The number of nitrogens with zero attached hydrogens (tertiary/aromatic N) is 1. The van der Waals surface area contributed by atoms with E-state index in [4.69, 9.17) is 14.3 Å². The molecule has 0 spiro atoms. The third kappa shape index (κ3) is 2.63. The van der Waals surface area contributed by atoms with Crippen LogP contribution in [0.2, 0.25) is 0 Å². The smallest absolute Gasteiger partial charge is 0.297 e. The number of anilines is 1. The van der Waals surface area contributed by atoms with Crippen molar-refractivity contribution in [1.29, 1.82) is 0 Å². The van der Waals surface area contributed by atoms with Crippen LogP contribution in [0.5, 0.6) is 5.75 Å². The van der Waals surface area contributed by atoms with Gasteiger partial charge in [0.2, 0.25) is 5.09 Å². The van der Waals surface area contributed by atoms with Crippen molar-refractivity contribution < 1.29 is 22.7 Å². The van der Waals surface area contributed by atoms with Gasteiger partial charge in [-0.15, -0.1) is 0 Å². The van der Waals surface area contributed by atoms with Gasteiger partial charge in [0.1, 0.15) is 18.1 Å². The Labute approximate surface area is 117 Å². The SMILES string of the molecule is COc1ccc(N(C)S(=O)(=O)c2ccc(CO)o2)cc1. The van der Waals surface area contributed by atoms with E-state index in [1.54, 1.807) is 24.3 Å². The lowest BCUT2D eigenvalue weighted by Crippen LogP contribution is -2.26. The Kier molecular flexibility index (Phi) is 4.01. The maximum atomic E-state index is 12.3. The fraction of sp³-hybridized carbons (Fsp3) is 0.231. The van der Waals surface area contributed by atoms with Gasteiger partial charge >= 0.3 is 0 Å². The quantitative estimate of drug-likeness (QED) is 0.907. The Morgan fingerprint density at radius 1 is 1.20 bits per heavy atom. The predicted molar refractivity (Wildman–Crippen MR) is 73.2 cm³/mol. The fourth-order valence-electron chi connectivity index (χ4n) is 1.65. The first-order chi connectivity index (χ1) is 9.48. The van der Waals surface area contributed by atoms with Gasteiger partial charge < -0.3 is 14.3 Å². The predicted octanol–water partition coefficient (Wildman–Crippen LogP) is 1.61. The monoisotopic (exact) mass is 297 g/mol. The molecular formula is C13H15NO5S. The lowest BCUT2D eigenvalue weighted by molar-refractivity contribution is 0.236. The molecule has 0 radical (unpaired) electrons. The molecule has 0 aliphatic carbocycles. The van der Waals surface area contributed by atoms with Gasteiger partial charge in [0.05, 0.1) is 12.8 Å². The first-order valence-electron chi connectivity index (χ1n) is 5.81. The van der Waals surface area contributed by atoms with Crippen molar-refractivity contribution in [3.8, 4) is 5.75 Å². The minimum atomic E-state index is -3.79. The second-order valence-electron chi connectivity index (χ2n) is 4.05. The van der Waals surface area contributed by atoms with Crippen molar-refractivity contribution in [1.82, 2.24) is 0 Å². The summed E-state index contributed by atoms with van der Waals surface area (Å²) in [5, 5.41) is 8.71. The minimum absolute atomic E-state index is 0.201. The van der Waals surface area contributed by atoms with Crippen LogP contribution in [0.1, 0.15) is 5.76 Å². The van der Waals surface area contributed by atoms with Crippen LogP contribution in [0.15, 0.2) is 45.9 Å². The molecule has 108 valence electrons. The van der Waals surface area contributed by atoms with E-state index in [9.17, 15) is 8.42 Å². The van der Waals surface area contributed by atoms with Crippen molar-refractivity contribution >= 4 is 15.7 Å². The first kappa shape index (κ1) is 14.4. The number of hydrogen-bond acceptors (Lipinski definition) is 5. The van der Waals surface area contributed by atoms with Gasteiger partial charge in [0, 0.05) is 7.05 Å². The number of hydrogen-bond donors (Lipinski definition) is 1. The van der Waals surface area contributed by atoms with E-state index in [0.29, 0.717) is 11.4 Å². The number of aliphatic hydroxyl groups is 1. The number of methoxy groups -OCH3 is 1. The summed E-state index contributed by atoms with van der Waals surface area (Å²) in [6, 6.07) is 9.35. The molecule has 1 aromatic heterocycles. The van der Waals surface area contributed by atoms with Crippen molar-refractivity contribution in [2.24, 2.45) is 0 Å². The molecule has 20 heavy (non-hydrogen) atoms. The van der Waals surface area contributed by atoms with E-state index in [2.05, 4.69) is 0 Å². The number of rotatable bonds is 5. The first-order valence-corrected chi connectivity index (χ1v) is 7.25. The molecule has 0 saturated carbocycles. The van der Waals surface area contributed by atoms with Crippen LogP contribution in [-0.4, -0.2) is 27.7 Å². The summed E-state index contributed by atoms with van der Waals surface area (Å²) in [5.41, 5.74) is 0.479. The highest BCUT2D eigenvalue weighted by molar-refractivity contribution is 7.92. The number of sulfonamides is 1. The van der Waals surface area contributed by atoms with E-state index in [-0.39, 0.29) is 17.5 Å². The third-order valence-corrected chi connectivity index (χ3v) is 4.50. The van der Waals surface area contributed by atoms with Crippen LogP contribution in [-0.2, 0) is 16.6 Å². The van der Waals surface area contributed by atoms with E-state index >= 15 is 0 Å². The van der Waals surface area contributed by atoms with Crippen molar-refractivity contribution in [3.63, 3.8) is 0 Å². The molecule has 0 saturated heterocycles. The molecule has 0 atom stereocenters. The number of aliphatic hydroxyl groups excluding tert-OH is 1. The van der Waals surface area contributed by atoms with Gasteiger partial charge in [0.25, 0.3) is 10.0 Å². The minimum Gasteiger partial charge on any atom is -0.497 e. The van der Waals surface area contributed by atoms with Crippen LogP contribution < -0.4 is 9.04 Å². The summed E-state index contributed by atoms with van der Waals surface area (Å²) in [5.74, 6) is 0.840. The Bertz CT molecular complexity index is 675. The maximum Gasteiger partial charge on any atom is 0.297 e. The Hall–Kier alpha value is -1.99. The lowest BCUT2D eigenvalue weighted by Gasteiger charge is -2.18. The zero-order valence-electron chi connectivity index (χ0n) is 11.1. The average Bonchev–Trinajstić information content (AvgIpc) is 2.96. The summed E-state index contributed by atoms with van der Waals surface area (Å²) in [4.78, 5) is 0. The van der Waals surface area contributed by atoms with Gasteiger partial charge in [-0.2, -0.15) is 8.42 Å². The number of benzene rings is 1. The van der Waals surface area contributed by atoms with Gasteiger partial charge in [-0.3, -0.25) is 4.31 Å². The van der Waals surface area contributed by atoms with Gasteiger partial charge in [-0.05, 0) is 36.4 Å². The van der Waals surface area contributed by atoms with Crippen LogP contribution in [0.25, 0.3) is 0 Å². The molecule has 0 unspecified atom stereocenters. The molecule has 2 rings (SSSR count). The van der Waals surface area contributed by atoms with Gasteiger partial charge in [0.15, 0.2) is 0 Å². The second kappa shape index (κ2) is 5.56. The largest absolute Gasteiger partial charge is 0.497 e. The van der Waals surface area contributed by atoms with Crippen LogP contribution in [0.3, 0.4) is 0 Å². The highest BCUT2D eigenvalue weighted by atomic mass is 32.2. The van der Waals surface area contributed by atoms with Crippen molar-refractivity contribution in [2.75, 3.05) is 18.5 Å². The van der Waals surface area contributed by atoms with E-state index in [0.717, 1.165) is 4.31 Å². The summed E-state index contributed by atoms with van der Waals surface area (Å²) in [6.07, 6.45) is 0. The Balaban J connectivity index is 2.32. The second-order valence-corrected chi connectivity index (χ2v) is 5.95. The van der Waals surface area contributed by atoms with E-state index < -0.39 is 10.0 Å². The maximum absolute atomic E-state index is 12.3. The van der Waals surface area contributed by atoms with Crippen molar-refractivity contribution in [2.45, 2.75) is 11.7 Å². The zero-order valence-corrected chi connectivity index (χ0v) is 11.9. The highest BCUT2D eigenvalue weighted by Crippen LogP contribution is 2.25. The molecule has 0 bridgehead atoms. The molecule has 1 N–H and O–H groups in total. The van der Waals surface area contributed by atoms with Crippen molar-refractivity contribution in [3.05, 3.63) is 42.2 Å². The summed E-state index contributed by atoms with van der Waals surface area (Å²) in [7, 11) is -0.821. The molecule has 0 amide bonds. The average molecular weight is 297 g/mol. The molecule has 0 fully saturated rings. The number of ether oxygens (including phenoxy) is 1. The third-order valence-electron chi connectivity index (χ3n) is 2.84. The van der Waals surface area contributed by atoms with E-state index in [1.165, 1.54) is 26.3 Å². The zero-order chi connectivity index (χ0) is 14.8. The summed E-state index contributed by atoms with van der Waals surface area (Å²) >= 11 is 0. The fourth-order valence-corrected chi connectivity index (χ4v) is 2.77. The molecule has 1 aromatic carbocycles. The Morgan fingerprint density at radius 3 is 2.35 bits per heavy atom. The van der Waals surface area contributed by atoms with Crippen LogP contribution in [0, 0.1) is 0 Å². The highest BCUT2D eigenvalue weighted by Gasteiger charge is 2.25. The summed E-state index contributed by atoms with van der Waals surface area (Å²) in [6.45, 7) is -0.345. The molecule has 1 heterocycles. The van der Waals surface area contributed by atoms with Gasteiger partial charge in [-0.1, -0.05) is 0 Å². The van der Waals surface area contributed by atoms with E-state index in [1.807, 2.05) is 0 Å². The molecular weight excluding hydrogens is 282 g/mol. The van der Waals surface area contributed by atoms with Gasteiger partial charge in [-0.25, -0.2) is 0 Å². The molecule has 0 aliphatic heterocycles. The number of furan rings is 1. The molecule has 2 aromatic rings. The lowest BCUT2D eigenvalue weighted by atomic mass is 10.3. The van der Waals surface area contributed by atoms with Crippen LogP contribution >= 0.6 is 0 Å². The molecule has 7 heteroatoms. The van der Waals surface area contributed by atoms with Crippen LogP contribution in [0.4, 0.5) is 5.69 Å².